The maximum atomic E-state index is 5.66. The van der Waals surface area contributed by atoms with Crippen LogP contribution in [-0.2, 0) is 0 Å². The third-order valence-corrected chi connectivity index (χ3v) is 2.91. The lowest BCUT2D eigenvalue weighted by Gasteiger charge is -2.07. The number of hydrogen-bond acceptors (Lipinski definition) is 4. The minimum Gasteiger partial charge on any atom is -0.398 e. The summed E-state index contributed by atoms with van der Waals surface area (Å²) < 4.78 is 2.03. The highest BCUT2D eigenvalue weighted by Crippen LogP contribution is 2.27. The number of nitrogen functional groups attached to an aromatic ring is 1. The van der Waals surface area contributed by atoms with Crippen LogP contribution in [0.25, 0.3) is 10.7 Å². The molecule has 0 unspecified atom stereocenters. The third-order valence-electron chi connectivity index (χ3n) is 1.97. The Kier molecular flexibility index (Phi) is 2.25. The van der Waals surface area contributed by atoms with Gasteiger partial charge in [0.2, 0.25) is 0 Å². The Morgan fingerprint density at radius 3 is 2.86 bits per heavy atom. The highest BCUT2D eigenvalue weighted by Gasteiger charge is 2.10. The zero-order chi connectivity index (χ0) is 10.1. The Balaban J connectivity index is 2.46. The van der Waals surface area contributed by atoms with E-state index in [4.69, 9.17) is 5.73 Å². The number of thiophene rings is 1. The molecule has 0 saturated carbocycles. The second-order valence-corrected chi connectivity index (χ2v) is 4.31. The van der Waals surface area contributed by atoms with E-state index < -0.39 is 0 Å². The van der Waals surface area contributed by atoms with Crippen LogP contribution in [0, 0.1) is 0 Å². The molecule has 0 atom stereocenters. The smallest absolute Gasteiger partial charge is 0.174 e. The van der Waals surface area contributed by atoms with Gasteiger partial charge in [-0.2, -0.15) is 0 Å². The van der Waals surface area contributed by atoms with Crippen molar-refractivity contribution in [3.63, 3.8) is 0 Å². The first-order valence-corrected chi connectivity index (χ1v) is 5.30. The van der Waals surface area contributed by atoms with Gasteiger partial charge in [-0.25, -0.2) is 0 Å². The van der Waals surface area contributed by atoms with Gasteiger partial charge in [0.05, 0.1) is 4.88 Å². The predicted octanol–water partition coefficient (Wildman–Crippen LogP) is 2.17. The van der Waals surface area contributed by atoms with Gasteiger partial charge < -0.3 is 10.3 Å². The van der Waals surface area contributed by atoms with Gasteiger partial charge in [0.25, 0.3) is 0 Å². The number of hydrogen-bond donors (Lipinski definition) is 1. The normalized spacial score (nSPS) is 11.1. The Hall–Kier alpha value is -1.36. The van der Waals surface area contributed by atoms with Gasteiger partial charge in [0.15, 0.2) is 5.82 Å². The predicted molar refractivity (Wildman–Crippen MR) is 58.1 cm³/mol. The molecule has 0 aliphatic heterocycles. The Labute approximate surface area is 86.4 Å². The molecule has 5 heteroatoms. The van der Waals surface area contributed by atoms with Gasteiger partial charge in [0.1, 0.15) is 6.33 Å². The molecule has 74 valence electrons. The Morgan fingerprint density at radius 2 is 2.29 bits per heavy atom. The zero-order valence-electron chi connectivity index (χ0n) is 8.14. The average molecular weight is 208 g/mol. The van der Waals surface area contributed by atoms with Crippen molar-refractivity contribution in [3.05, 3.63) is 17.8 Å². The number of aromatic nitrogens is 3. The Morgan fingerprint density at radius 1 is 1.50 bits per heavy atom. The standard InChI is InChI=1S/C9H12N4S/c1-6(2)13-5-11-12-9(13)8-3-7(10)4-14-8/h3-6H,10H2,1-2H3. The SMILES string of the molecule is CC(C)n1cnnc1-c1cc(N)cs1. The molecule has 2 rings (SSSR count). The zero-order valence-corrected chi connectivity index (χ0v) is 8.95. The van der Waals surface area contributed by atoms with E-state index in [1.165, 1.54) is 0 Å². The van der Waals surface area contributed by atoms with E-state index >= 15 is 0 Å². The van der Waals surface area contributed by atoms with Crippen molar-refractivity contribution in [2.24, 2.45) is 0 Å². The fourth-order valence-electron chi connectivity index (χ4n) is 1.27. The van der Waals surface area contributed by atoms with Crippen molar-refractivity contribution in [3.8, 4) is 10.7 Å². The van der Waals surface area contributed by atoms with Crippen molar-refractivity contribution < 1.29 is 0 Å². The van der Waals surface area contributed by atoms with Crippen molar-refractivity contribution in [1.29, 1.82) is 0 Å². The molecular formula is C9H12N4S. The second kappa shape index (κ2) is 3.42. The first-order valence-electron chi connectivity index (χ1n) is 4.42. The molecule has 14 heavy (non-hydrogen) atoms. The monoisotopic (exact) mass is 208 g/mol. The summed E-state index contributed by atoms with van der Waals surface area (Å²) in [5.41, 5.74) is 6.44. The molecule has 0 aromatic carbocycles. The number of rotatable bonds is 2. The number of anilines is 1. The van der Waals surface area contributed by atoms with Crippen LogP contribution in [0.1, 0.15) is 19.9 Å². The summed E-state index contributed by atoms with van der Waals surface area (Å²) in [6.45, 7) is 4.20. The molecule has 4 nitrogen and oxygen atoms in total. The average Bonchev–Trinajstić information content (AvgIpc) is 2.70. The molecular weight excluding hydrogens is 196 g/mol. The van der Waals surface area contributed by atoms with Crippen molar-refractivity contribution in [2.45, 2.75) is 19.9 Å². The maximum Gasteiger partial charge on any atom is 0.174 e. The first-order chi connectivity index (χ1) is 6.68. The van der Waals surface area contributed by atoms with Crippen LogP contribution in [0.2, 0.25) is 0 Å². The second-order valence-electron chi connectivity index (χ2n) is 3.40. The molecule has 0 fully saturated rings. The molecule has 2 N–H and O–H groups in total. The summed E-state index contributed by atoms with van der Waals surface area (Å²) in [7, 11) is 0. The maximum absolute atomic E-state index is 5.66. The highest BCUT2D eigenvalue weighted by molar-refractivity contribution is 7.14. The van der Waals surface area contributed by atoms with E-state index in [0.29, 0.717) is 6.04 Å². The van der Waals surface area contributed by atoms with Crippen LogP contribution in [0.4, 0.5) is 5.69 Å². The summed E-state index contributed by atoms with van der Waals surface area (Å²) in [4.78, 5) is 1.06. The van der Waals surface area contributed by atoms with E-state index in [1.807, 2.05) is 16.0 Å². The molecule has 0 saturated heterocycles. The molecule has 0 bridgehead atoms. The first kappa shape index (κ1) is 9.21. The molecule has 2 aromatic heterocycles. The van der Waals surface area contributed by atoms with E-state index in [1.54, 1.807) is 17.7 Å². The minimum atomic E-state index is 0.364. The summed E-state index contributed by atoms with van der Waals surface area (Å²) in [6.07, 6.45) is 1.75. The lowest BCUT2D eigenvalue weighted by atomic mass is 10.3. The van der Waals surface area contributed by atoms with Crippen molar-refractivity contribution >= 4 is 17.0 Å². The summed E-state index contributed by atoms with van der Waals surface area (Å²) in [5.74, 6) is 0.890. The fourth-order valence-corrected chi connectivity index (χ4v) is 2.05. The third kappa shape index (κ3) is 1.50. The van der Waals surface area contributed by atoms with Crippen LogP contribution in [0.5, 0.6) is 0 Å². The number of nitrogens with two attached hydrogens (primary N) is 1. The molecule has 2 heterocycles. The van der Waals surface area contributed by atoms with E-state index in [-0.39, 0.29) is 0 Å². The lowest BCUT2D eigenvalue weighted by molar-refractivity contribution is 0.604. The van der Waals surface area contributed by atoms with Gasteiger partial charge >= 0.3 is 0 Å². The summed E-state index contributed by atoms with van der Waals surface area (Å²) in [6, 6.07) is 2.29. The highest BCUT2D eigenvalue weighted by atomic mass is 32.1. The van der Waals surface area contributed by atoms with Gasteiger partial charge in [-0.1, -0.05) is 0 Å². The van der Waals surface area contributed by atoms with Gasteiger partial charge in [-0.3, -0.25) is 0 Å². The van der Waals surface area contributed by atoms with Crippen LogP contribution in [-0.4, -0.2) is 14.8 Å². The fraction of sp³-hybridized carbons (Fsp3) is 0.333. The van der Waals surface area contributed by atoms with Gasteiger partial charge in [0, 0.05) is 17.1 Å². The van der Waals surface area contributed by atoms with Crippen LogP contribution >= 0.6 is 11.3 Å². The van der Waals surface area contributed by atoms with E-state index in [0.717, 1.165) is 16.4 Å². The largest absolute Gasteiger partial charge is 0.398 e. The van der Waals surface area contributed by atoms with Gasteiger partial charge in [-0.05, 0) is 19.9 Å². The summed E-state index contributed by atoms with van der Waals surface area (Å²) >= 11 is 1.59. The van der Waals surface area contributed by atoms with Crippen molar-refractivity contribution in [1.82, 2.24) is 14.8 Å². The quantitative estimate of drug-likeness (QED) is 0.822. The summed E-state index contributed by atoms with van der Waals surface area (Å²) in [5, 5.41) is 9.91. The molecule has 0 radical (unpaired) electrons. The lowest BCUT2D eigenvalue weighted by Crippen LogP contribution is -2.00. The van der Waals surface area contributed by atoms with E-state index in [9.17, 15) is 0 Å². The molecule has 2 aromatic rings. The molecule has 0 spiro atoms. The van der Waals surface area contributed by atoms with Crippen LogP contribution in [0.3, 0.4) is 0 Å². The Bertz CT molecular complexity index is 429. The van der Waals surface area contributed by atoms with Crippen molar-refractivity contribution in [2.75, 3.05) is 5.73 Å². The minimum absolute atomic E-state index is 0.364. The molecule has 0 amide bonds. The van der Waals surface area contributed by atoms with E-state index in [2.05, 4.69) is 24.0 Å². The molecule has 0 aliphatic rings. The molecule has 0 aliphatic carbocycles. The number of nitrogens with zero attached hydrogens (tertiary/aromatic N) is 3. The topological polar surface area (TPSA) is 56.7 Å². The van der Waals surface area contributed by atoms with Crippen LogP contribution < -0.4 is 5.73 Å². The van der Waals surface area contributed by atoms with Gasteiger partial charge in [-0.15, -0.1) is 21.5 Å². The van der Waals surface area contributed by atoms with Crippen LogP contribution in [0.15, 0.2) is 17.8 Å².